The molecule has 0 radical (unpaired) electrons. The summed E-state index contributed by atoms with van der Waals surface area (Å²) in [6, 6.07) is -0.381. The molecule has 2 amide bonds. The summed E-state index contributed by atoms with van der Waals surface area (Å²) in [5.41, 5.74) is -0.622. The second-order valence-electron chi connectivity index (χ2n) is 6.98. The lowest BCUT2D eigenvalue weighted by molar-refractivity contribution is -0.158. The Labute approximate surface area is 128 Å². The minimum Gasteiger partial charge on any atom is -0.343 e. The van der Waals surface area contributed by atoms with Crippen molar-refractivity contribution in [1.29, 1.82) is 0 Å². The maximum Gasteiger partial charge on any atom is 0.246 e. The van der Waals surface area contributed by atoms with Crippen LogP contribution in [0.3, 0.4) is 0 Å². The highest BCUT2D eigenvalue weighted by molar-refractivity contribution is 5.99. The fraction of sp³-hybridized carbons (Fsp3) is 0.882. The summed E-state index contributed by atoms with van der Waals surface area (Å²) in [4.78, 5) is 27.1. The molecule has 0 aromatic heterocycles. The Morgan fingerprint density at radius 1 is 1.33 bits per heavy atom. The summed E-state index contributed by atoms with van der Waals surface area (Å²) in [6.45, 7) is 8.89. The third-order valence-electron chi connectivity index (χ3n) is 5.36. The van der Waals surface area contributed by atoms with Crippen molar-refractivity contribution >= 4 is 11.8 Å². The molecule has 3 atom stereocenters. The van der Waals surface area contributed by atoms with E-state index in [1.807, 2.05) is 11.8 Å². The topological polar surface area (TPSA) is 49.4 Å². The highest BCUT2D eigenvalue weighted by atomic mass is 16.2. The molecule has 1 aliphatic carbocycles. The van der Waals surface area contributed by atoms with E-state index in [1.165, 1.54) is 12.8 Å². The van der Waals surface area contributed by atoms with E-state index in [4.69, 9.17) is 0 Å². The monoisotopic (exact) mass is 294 g/mol. The van der Waals surface area contributed by atoms with Crippen molar-refractivity contribution in [3.05, 3.63) is 0 Å². The molecule has 120 valence electrons. The molecule has 0 aromatic rings. The lowest BCUT2D eigenvalue weighted by Gasteiger charge is -2.47. The van der Waals surface area contributed by atoms with E-state index in [0.29, 0.717) is 11.8 Å². The van der Waals surface area contributed by atoms with Crippen molar-refractivity contribution in [1.82, 2.24) is 10.2 Å². The molecule has 1 N–H and O–H groups in total. The third-order valence-corrected chi connectivity index (χ3v) is 5.36. The summed E-state index contributed by atoms with van der Waals surface area (Å²) >= 11 is 0. The van der Waals surface area contributed by atoms with Gasteiger partial charge in [0.25, 0.3) is 0 Å². The third kappa shape index (κ3) is 3.09. The quantitative estimate of drug-likeness (QED) is 0.785. The van der Waals surface area contributed by atoms with Crippen LogP contribution in [0.5, 0.6) is 0 Å². The van der Waals surface area contributed by atoms with Gasteiger partial charge in [-0.15, -0.1) is 0 Å². The molecule has 2 fully saturated rings. The van der Waals surface area contributed by atoms with Gasteiger partial charge in [0.2, 0.25) is 11.8 Å². The molecule has 1 heterocycles. The van der Waals surface area contributed by atoms with Gasteiger partial charge in [-0.05, 0) is 44.9 Å². The molecular weight excluding hydrogens is 264 g/mol. The van der Waals surface area contributed by atoms with Gasteiger partial charge in [-0.3, -0.25) is 9.59 Å². The molecule has 0 bridgehead atoms. The molecule has 1 saturated heterocycles. The van der Waals surface area contributed by atoms with Gasteiger partial charge < -0.3 is 10.2 Å². The van der Waals surface area contributed by atoms with Gasteiger partial charge >= 0.3 is 0 Å². The number of unbranched alkanes of at least 4 members (excludes halogenated alkanes) is 1. The molecular formula is C17H30N2O2. The molecule has 4 heteroatoms. The van der Waals surface area contributed by atoms with E-state index >= 15 is 0 Å². The van der Waals surface area contributed by atoms with E-state index in [9.17, 15) is 9.59 Å². The van der Waals surface area contributed by atoms with Crippen molar-refractivity contribution in [2.75, 3.05) is 6.54 Å². The number of carbonyl (C=O) groups is 2. The Morgan fingerprint density at radius 3 is 2.52 bits per heavy atom. The first-order valence-corrected chi connectivity index (χ1v) is 8.57. The zero-order chi connectivity index (χ0) is 15.6. The van der Waals surface area contributed by atoms with Crippen molar-refractivity contribution in [3.63, 3.8) is 0 Å². The molecule has 2 rings (SSSR count). The molecule has 0 spiro atoms. The minimum absolute atomic E-state index is 0.0439. The van der Waals surface area contributed by atoms with Crippen molar-refractivity contribution in [2.45, 2.75) is 77.8 Å². The van der Waals surface area contributed by atoms with Gasteiger partial charge in [0.15, 0.2) is 0 Å². The number of hydrogen-bond donors (Lipinski definition) is 1. The second-order valence-corrected chi connectivity index (χ2v) is 6.98. The van der Waals surface area contributed by atoms with Gasteiger partial charge in [-0.1, -0.05) is 33.1 Å². The number of nitrogens with one attached hydrogen (secondary N) is 1. The molecule has 3 unspecified atom stereocenters. The Bertz CT molecular complexity index is 406. The molecule has 4 nitrogen and oxygen atoms in total. The average molecular weight is 294 g/mol. The first-order chi connectivity index (χ1) is 9.94. The molecule has 1 saturated carbocycles. The van der Waals surface area contributed by atoms with Crippen LogP contribution in [0.15, 0.2) is 0 Å². The van der Waals surface area contributed by atoms with Gasteiger partial charge in [0.1, 0.15) is 11.6 Å². The fourth-order valence-corrected chi connectivity index (χ4v) is 3.50. The van der Waals surface area contributed by atoms with E-state index in [0.717, 1.165) is 32.2 Å². The molecule has 1 aliphatic heterocycles. The zero-order valence-corrected chi connectivity index (χ0v) is 13.9. The summed E-state index contributed by atoms with van der Waals surface area (Å²) in [5, 5.41) is 2.88. The van der Waals surface area contributed by atoms with Crippen molar-refractivity contribution < 1.29 is 9.59 Å². The Hall–Kier alpha value is -1.06. The molecule has 2 aliphatic rings. The average Bonchev–Trinajstić information content (AvgIpc) is 3.29. The predicted molar refractivity (Wildman–Crippen MR) is 83.8 cm³/mol. The summed E-state index contributed by atoms with van der Waals surface area (Å²) in [6.07, 6.45) is 6.72. The maximum absolute atomic E-state index is 12.7. The summed E-state index contributed by atoms with van der Waals surface area (Å²) in [7, 11) is 0. The van der Waals surface area contributed by atoms with Crippen LogP contribution >= 0.6 is 0 Å². The van der Waals surface area contributed by atoms with Crippen LogP contribution in [0.25, 0.3) is 0 Å². The van der Waals surface area contributed by atoms with Gasteiger partial charge in [-0.25, -0.2) is 0 Å². The van der Waals surface area contributed by atoms with Crippen LogP contribution in [0, 0.1) is 11.8 Å². The lowest BCUT2D eigenvalue weighted by atomic mass is 9.86. The minimum atomic E-state index is -0.622. The highest BCUT2D eigenvalue weighted by Gasteiger charge is 2.56. The number of piperazine rings is 1. The summed E-state index contributed by atoms with van der Waals surface area (Å²) < 4.78 is 0. The van der Waals surface area contributed by atoms with Gasteiger partial charge in [-0.2, -0.15) is 0 Å². The lowest BCUT2D eigenvalue weighted by Crippen LogP contribution is -2.70. The Kier molecular flexibility index (Phi) is 4.95. The van der Waals surface area contributed by atoms with Crippen LogP contribution in [0.4, 0.5) is 0 Å². The van der Waals surface area contributed by atoms with Crippen LogP contribution in [-0.2, 0) is 9.59 Å². The smallest absolute Gasteiger partial charge is 0.246 e. The standard InChI is InChI=1S/C17H30N2O2/c1-5-7-8-13(6-2)11-19-15(20)12(3)18-16(21)17(19,4)14-9-10-14/h12-14H,5-11H2,1-4H3,(H,18,21). The molecule has 21 heavy (non-hydrogen) atoms. The molecule has 0 aromatic carbocycles. The van der Waals surface area contributed by atoms with Crippen molar-refractivity contribution in [2.24, 2.45) is 11.8 Å². The zero-order valence-electron chi connectivity index (χ0n) is 13.9. The number of hydrogen-bond acceptors (Lipinski definition) is 2. The van der Waals surface area contributed by atoms with Crippen molar-refractivity contribution in [3.8, 4) is 0 Å². The van der Waals surface area contributed by atoms with Crippen LogP contribution < -0.4 is 5.32 Å². The number of carbonyl (C=O) groups excluding carboxylic acids is 2. The van der Waals surface area contributed by atoms with E-state index in [2.05, 4.69) is 19.2 Å². The maximum atomic E-state index is 12.7. The van der Waals surface area contributed by atoms with E-state index < -0.39 is 5.54 Å². The highest BCUT2D eigenvalue weighted by Crippen LogP contribution is 2.45. The van der Waals surface area contributed by atoms with E-state index in [1.54, 1.807) is 6.92 Å². The van der Waals surface area contributed by atoms with E-state index in [-0.39, 0.29) is 17.9 Å². The number of amides is 2. The largest absolute Gasteiger partial charge is 0.343 e. The fourth-order valence-electron chi connectivity index (χ4n) is 3.50. The first kappa shape index (κ1) is 16.3. The normalized spacial score (nSPS) is 31.2. The SMILES string of the molecule is CCCCC(CC)CN1C(=O)C(C)NC(=O)C1(C)C1CC1. The number of rotatable bonds is 7. The summed E-state index contributed by atoms with van der Waals surface area (Å²) in [5.74, 6) is 0.990. The van der Waals surface area contributed by atoms with Crippen LogP contribution in [0.2, 0.25) is 0 Å². The second kappa shape index (κ2) is 6.37. The number of nitrogens with zero attached hydrogens (tertiary/aromatic N) is 1. The van der Waals surface area contributed by atoms with Gasteiger partial charge in [0.05, 0.1) is 0 Å². The van der Waals surface area contributed by atoms with Crippen LogP contribution in [-0.4, -0.2) is 34.8 Å². The first-order valence-electron chi connectivity index (χ1n) is 8.57. The Balaban J connectivity index is 2.18. The van der Waals surface area contributed by atoms with Crippen LogP contribution in [0.1, 0.15) is 66.2 Å². The predicted octanol–water partition coefficient (Wildman–Crippen LogP) is 2.72. The van der Waals surface area contributed by atoms with Gasteiger partial charge in [0, 0.05) is 6.54 Å². The Morgan fingerprint density at radius 2 is 2.00 bits per heavy atom.